The second kappa shape index (κ2) is 46.5. The van der Waals surface area contributed by atoms with Crippen molar-refractivity contribution in [2.45, 2.75) is 297 Å². The first-order valence-corrected chi connectivity index (χ1v) is 25.9. The van der Waals surface area contributed by atoms with Gasteiger partial charge in [0, 0.05) is 19.3 Å². The average Bonchev–Trinajstić information content (AvgIpc) is 3.22. The van der Waals surface area contributed by atoms with Crippen LogP contribution in [0.3, 0.4) is 0 Å². The van der Waals surface area contributed by atoms with E-state index < -0.39 is 6.10 Å². The van der Waals surface area contributed by atoms with Gasteiger partial charge in [-0.05, 0) is 25.2 Å². The highest BCUT2D eigenvalue weighted by Gasteiger charge is 2.19. The lowest BCUT2D eigenvalue weighted by Gasteiger charge is -2.18. The molecule has 0 aliphatic rings. The number of esters is 3. The molecule has 0 saturated carbocycles. The van der Waals surface area contributed by atoms with E-state index in [2.05, 4.69) is 27.7 Å². The van der Waals surface area contributed by atoms with E-state index in [1.165, 1.54) is 186 Å². The zero-order valence-corrected chi connectivity index (χ0v) is 39.5. The molecule has 1 unspecified atom stereocenters. The third-order valence-electron chi connectivity index (χ3n) is 12.2. The molecule has 0 saturated heterocycles. The molecule has 0 radical (unpaired) electrons. The van der Waals surface area contributed by atoms with Gasteiger partial charge in [0.2, 0.25) is 0 Å². The highest BCUT2D eigenvalue weighted by atomic mass is 16.6. The minimum atomic E-state index is -0.760. The Kier molecular flexibility index (Phi) is 45.2. The Morgan fingerprint density at radius 2 is 0.603 bits per heavy atom. The molecule has 0 aromatic heterocycles. The molecule has 0 aliphatic heterocycles. The van der Waals surface area contributed by atoms with Crippen molar-refractivity contribution in [3.05, 3.63) is 0 Å². The van der Waals surface area contributed by atoms with Crippen LogP contribution >= 0.6 is 0 Å². The lowest BCUT2D eigenvalue weighted by atomic mass is 9.99. The zero-order valence-electron chi connectivity index (χ0n) is 39.5. The Morgan fingerprint density at radius 3 is 0.897 bits per heavy atom. The summed E-state index contributed by atoms with van der Waals surface area (Å²) in [4.78, 5) is 37.8. The van der Waals surface area contributed by atoms with Crippen molar-refractivity contribution < 1.29 is 28.6 Å². The summed E-state index contributed by atoms with van der Waals surface area (Å²) < 4.78 is 16.7. The molecule has 6 nitrogen and oxygen atoms in total. The van der Waals surface area contributed by atoms with E-state index >= 15 is 0 Å². The van der Waals surface area contributed by atoms with Gasteiger partial charge < -0.3 is 14.2 Å². The van der Waals surface area contributed by atoms with E-state index in [1.54, 1.807) is 0 Å². The summed E-state index contributed by atoms with van der Waals surface area (Å²) in [5.41, 5.74) is 0. The molecule has 0 amide bonds. The molecular formula is C52H100O6. The Labute approximate surface area is 361 Å². The summed E-state index contributed by atoms with van der Waals surface area (Å²) in [6.07, 6.45) is 48.1. The first kappa shape index (κ1) is 56.4. The van der Waals surface area contributed by atoms with Crippen LogP contribution in [0.25, 0.3) is 0 Å². The van der Waals surface area contributed by atoms with Gasteiger partial charge in [-0.3, -0.25) is 14.4 Å². The third-order valence-corrected chi connectivity index (χ3v) is 12.2. The summed E-state index contributed by atoms with van der Waals surface area (Å²) in [5, 5.41) is 0. The SMILES string of the molecule is CCCCCCCCCCCCCCCCCCCCCC(=O)OC[C@H](COC(=O)CCCCCCCCC)OC(=O)CCCCCCCCCCCCC(C)CC. The van der Waals surface area contributed by atoms with Crippen molar-refractivity contribution in [3.8, 4) is 0 Å². The normalized spacial score (nSPS) is 12.4. The van der Waals surface area contributed by atoms with Gasteiger partial charge in [-0.2, -0.15) is 0 Å². The van der Waals surface area contributed by atoms with Crippen molar-refractivity contribution in [2.24, 2.45) is 5.92 Å². The van der Waals surface area contributed by atoms with Gasteiger partial charge in [0.1, 0.15) is 13.2 Å². The number of carbonyl (C=O) groups excluding carboxylic acids is 3. The van der Waals surface area contributed by atoms with Crippen LogP contribution in [0.15, 0.2) is 0 Å². The number of ether oxygens (including phenoxy) is 3. The molecule has 0 N–H and O–H groups in total. The Bertz CT molecular complexity index is 874. The lowest BCUT2D eigenvalue weighted by molar-refractivity contribution is -0.167. The Hall–Kier alpha value is -1.59. The molecule has 0 fully saturated rings. The van der Waals surface area contributed by atoms with Crippen LogP contribution in [0.2, 0.25) is 0 Å². The predicted molar refractivity (Wildman–Crippen MR) is 247 cm³/mol. The van der Waals surface area contributed by atoms with Crippen molar-refractivity contribution in [1.29, 1.82) is 0 Å². The molecular weight excluding hydrogens is 721 g/mol. The van der Waals surface area contributed by atoms with E-state index in [1.807, 2.05) is 0 Å². The standard InChI is InChI=1S/C52H100O6/c1-5-8-10-12-14-15-16-17-18-19-20-21-22-23-24-28-32-36-40-44-51(54)57-47-49(46-56-50(53)43-39-35-30-13-11-9-6-2)58-52(55)45-41-37-33-29-26-25-27-31-34-38-42-48(4)7-3/h48-49H,5-47H2,1-4H3/t48?,49-/m0/s1. The number of carbonyl (C=O) groups is 3. The quantitative estimate of drug-likeness (QED) is 0.0346. The maximum absolute atomic E-state index is 12.7. The summed E-state index contributed by atoms with van der Waals surface area (Å²) >= 11 is 0. The van der Waals surface area contributed by atoms with Crippen LogP contribution in [-0.4, -0.2) is 37.2 Å². The minimum Gasteiger partial charge on any atom is -0.462 e. The third kappa shape index (κ3) is 44.0. The second-order valence-electron chi connectivity index (χ2n) is 18.1. The maximum Gasteiger partial charge on any atom is 0.306 e. The van der Waals surface area contributed by atoms with Gasteiger partial charge in [-0.25, -0.2) is 0 Å². The molecule has 0 spiro atoms. The van der Waals surface area contributed by atoms with E-state index in [9.17, 15) is 14.4 Å². The smallest absolute Gasteiger partial charge is 0.306 e. The van der Waals surface area contributed by atoms with Crippen LogP contribution < -0.4 is 0 Å². The van der Waals surface area contributed by atoms with Crippen molar-refractivity contribution in [2.75, 3.05) is 13.2 Å². The van der Waals surface area contributed by atoms with Crippen LogP contribution in [-0.2, 0) is 28.6 Å². The Balaban J connectivity index is 4.17. The molecule has 58 heavy (non-hydrogen) atoms. The molecule has 6 heteroatoms. The fourth-order valence-corrected chi connectivity index (χ4v) is 7.83. The van der Waals surface area contributed by atoms with E-state index in [4.69, 9.17) is 14.2 Å². The second-order valence-corrected chi connectivity index (χ2v) is 18.1. The average molecular weight is 821 g/mol. The van der Waals surface area contributed by atoms with Crippen molar-refractivity contribution in [1.82, 2.24) is 0 Å². The Morgan fingerprint density at radius 1 is 0.345 bits per heavy atom. The lowest BCUT2D eigenvalue weighted by Crippen LogP contribution is -2.30. The molecule has 0 aromatic carbocycles. The first-order chi connectivity index (χ1) is 28.4. The minimum absolute atomic E-state index is 0.0635. The predicted octanol–water partition coefficient (Wildman–Crippen LogP) is 16.7. The van der Waals surface area contributed by atoms with Gasteiger partial charge in [0.25, 0.3) is 0 Å². The van der Waals surface area contributed by atoms with Gasteiger partial charge in [-0.15, -0.1) is 0 Å². The highest BCUT2D eigenvalue weighted by Crippen LogP contribution is 2.18. The van der Waals surface area contributed by atoms with E-state index in [0.717, 1.165) is 63.7 Å². The molecule has 2 atom stereocenters. The molecule has 0 heterocycles. The molecule has 0 aromatic rings. The summed E-state index contributed by atoms with van der Waals surface area (Å²) in [5.74, 6) is 0.0146. The maximum atomic E-state index is 12.7. The van der Waals surface area contributed by atoms with Crippen molar-refractivity contribution in [3.63, 3.8) is 0 Å². The zero-order chi connectivity index (χ0) is 42.4. The first-order valence-electron chi connectivity index (χ1n) is 25.9. The fraction of sp³-hybridized carbons (Fsp3) is 0.942. The van der Waals surface area contributed by atoms with Crippen LogP contribution in [0.4, 0.5) is 0 Å². The number of unbranched alkanes of at least 4 members (excludes halogenated alkanes) is 33. The van der Waals surface area contributed by atoms with Gasteiger partial charge in [0.15, 0.2) is 6.10 Å². The van der Waals surface area contributed by atoms with Crippen molar-refractivity contribution >= 4 is 17.9 Å². The summed E-state index contributed by atoms with van der Waals surface area (Å²) in [6.45, 7) is 9.01. The highest BCUT2D eigenvalue weighted by molar-refractivity contribution is 5.71. The van der Waals surface area contributed by atoms with Crippen LogP contribution in [0.5, 0.6) is 0 Å². The van der Waals surface area contributed by atoms with E-state index in [-0.39, 0.29) is 31.1 Å². The number of rotatable bonds is 47. The molecule has 0 aliphatic carbocycles. The fourth-order valence-electron chi connectivity index (χ4n) is 7.83. The molecule has 0 bridgehead atoms. The summed E-state index contributed by atoms with van der Waals surface area (Å²) in [6, 6.07) is 0. The molecule has 0 rings (SSSR count). The molecule has 344 valence electrons. The van der Waals surface area contributed by atoms with Crippen LogP contribution in [0.1, 0.15) is 291 Å². The van der Waals surface area contributed by atoms with Gasteiger partial charge in [0.05, 0.1) is 0 Å². The topological polar surface area (TPSA) is 78.9 Å². The van der Waals surface area contributed by atoms with Gasteiger partial charge >= 0.3 is 17.9 Å². The van der Waals surface area contributed by atoms with Crippen LogP contribution in [0, 0.1) is 5.92 Å². The number of hydrogen-bond donors (Lipinski definition) is 0. The number of hydrogen-bond acceptors (Lipinski definition) is 6. The van der Waals surface area contributed by atoms with E-state index in [0.29, 0.717) is 19.3 Å². The summed E-state index contributed by atoms with van der Waals surface area (Å²) in [7, 11) is 0. The van der Waals surface area contributed by atoms with Gasteiger partial charge in [-0.1, -0.05) is 252 Å². The largest absolute Gasteiger partial charge is 0.462 e. The monoisotopic (exact) mass is 821 g/mol.